The predicted molar refractivity (Wildman–Crippen MR) is 158 cm³/mol. The molecule has 0 bridgehead atoms. The van der Waals surface area contributed by atoms with Crippen LogP contribution in [0.2, 0.25) is 0 Å². The molecule has 3 aromatic rings. The van der Waals surface area contributed by atoms with E-state index in [-0.39, 0.29) is 30.6 Å². The zero-order valence-corrected chi connectivity index (χ0v) is 24.7. The number of anilines is 1. The first-order chi connectivity index (χ1) is 19.1. The molecule has 40 heavy (non-hydrogen) atoms. The van der Waals surface area contributed by atoms with Crippen molar-refractivity contribution in [2.45, 2.75) is 50.7 Å². The van der Waals surface area contributed by atoms with E-state index in [1.54, 1.807) is 0 Å². The van der Waals surface area contributed by atoms with Crippen molar-refractivity contribution in [1.82, 2.24) is 10.2 Å². The second-order valence-corrected chi connectivity index (χ2v) is 12.9. The van der Waals surface area contributed by atoms with E-state index in [4.69, 9.17) is 0 Å². The number of sulfonamides is 1. The van der Waals surface area contributed by atoms with Crippen molar-refractivity contribution in [3.05, 3.63) is 100 Å². The fraction of sp³-hybridized carbons (Fsp3) is 0.333. The minimum atomic E-state index is -3.96. The third-order valence-corrected chi connectivity index (χ3v) is 8.62. The summed E-state index contributed by atoms with van der Waals surface area (Å²) in [4.78, 5) is 29.3. The maximum absolute atomic E-state index is 14.1. The Labute approximate surface area is 243 Å². The zero-order chi connectivity index (χ0) is 28.7. The van der Waals surface area contributed by atoms with Gasteiger partial charge in [-0.2, -0.15) is 0 Å². The second-order valence-electron chi connectivity index (χ2n) is 10.1. The second kappa shape index (κ2) is 13.4. The lowest BCUT2D eigenvalue weighted by Crippen LogP contribution is -2.54. The van der Waals surface area contributed by atoms with Crippen molar-refractivity contribution in [3.8, 4) is 0 Å². The molecule has 0 unspecified atom stereocenters. The molecule has 1 aliphatic carbocycles. The van der Waals surface area contributed by atoms with Crippen LogP contribution in [-0.2, 0) is 32.6 Å². The van der Waals surface area contributed by atoms with Crippen LogP contribution in [0.15, 0.2) is 83.3 Å². The maximum atomic E-state index is 14.1. The number of amides is 2. The van der Waals surface area contributed by atoms with Gasteiger partial charge < -0.3 is 10.2 Å². The first-order valence-electron chi connectivity index (χ1n) is 13.2. The molecule has 0 radical (unpaired) electrons. The Morgan fingerprint density at radius 3 is 2.30 bits per heavy atom. The average molecular weight is 631 g/mol. The van der Waals surface area contributed by atoms with Gasteiger partial charge in [0.15, 0.2) is 0 Å². The van der Waals surface area contributed by atoms with Gasteiger partial charge in [0.2, 0.25) is 21.8 Å². The Balaban J connectivity index is 1.72. The number of hydrogen-bond acceptors (Lipinski definition) is 4. The molecule has 4 rings (SSSR count). The van der Waals surface area contributed by atoms with Crippen molar-refractivity contribution < 1.29 is 22.4 Å². The van der Waals surface area contributed by atoms with Crippen LogP contribution >= 0.6 is 15.9 Å². The van der Waals surface area contributed by atoms with E-state index < -0.39 is 34.3 Å². The average Bonchev–Trinajstić information content (AvgIpc) is 3.42. The number of benzene rings is 3. The van der Waals surface area contributed by atoms with Gasteiger partial charge >= 0.3 is 0 Å². The van der Waals surface area contributed by atoms with E-state index in [0.29, 0.717) is 0 Å². The highest BCUT2D eigenvalue weighted by molar-refractivity contribution is 9.10. The van der Waals surface area contributed by atoms with Gasteiger partial charge in [0.05, 0.1) is 11.9 Å². The third-order valence-electron chi connectivity index (χ3n) is 6.99. The molecule has 1 fully saturated rings. The topological polar surface area (TPSA) is 86.8 Å². The fourth-order valence-electron chi connectivity index (χ4n) is 5.00. The van der Waals surface area contributed by atoms with E-state index in [0.717, 1.165) is 57.9 Å². The van der Waals surface area contributed by atoms with Gasteiger partial charge in [-0.1, -0.05) is 77.3 Å². The summed E-state index contributed by atoms with van der Waals surface area (Å²) < 4.78 is 41.3. The molecule has 1 aliphatic rings. The number of carbonyl (C=O) groups excluding carboxylic acids is 2. The van der Waals surface area contributed by atoms with Crippen molar-refractivity contribution in [3.63, 3.8) is 0 Å². The molecular weight excluding hydrogens is 597 g/mol. The SMILES string of the molecule is CS(=O)(=O)N(CC(=O)N(Cc1cccc(Br)c1)[C@@H](Cc1ccccc1)C(=O)NC1CCCC1)c1cccc(F)c1. The molecule has 1 atom stereocenters. The number of carbonyl (C=O) groups is 2. The summed E-state index contributed by atoms with van der Waals surface area (Å²) in [6, 6.07) is 21.0. The highest BCUT2D eigenvalue weighted by Gasteiger charge is 2.34. The Hall–Kier alpha value is -3.24. The number of hydrogen-bond donors (Lipinski definition) is 1. The Bertz CT molecular complexity index is 1430. The molecule has 212 valence electrons. The summed E-state index contributed by atoms with van der Waals surface area (Å²) >= 11 is 3.47. The van der Waals surface area contributed by atoms with Crippen LogP contribution in [0.25, 0.3) is 0 Å². The minimum Gasteiger partial charge on any atom is -0.352 e. The molecule has 3 aromatic carbocycles. The monoisotopic (exact) mass is 629 g/mol. The van der Waals surface area contributed by atoms with Crippen LogP contribution in [-0.4, -0.2) is 50.0 Å². The highest BCUT2D eigenvalue weighted by atomic mass is 79.9. The maximum Gasteiger partial charge on any atom is 0.244 e. The van der Waals surface area contributed by atoms with Crippen molar-refractivity contribution in [1.29, 1.82) is 0 Å². The fourth-order valence-corrected chi connectivity index (χ4v) is 6.29. The summed E-state index contributed by atoms with van der Waals surface area (Å²) in [5.74, 6) is -1.48. The van der Waals surface area contributed by atoms with E-state index in [1.807, 2.05) is 54.6 Å². The lowest BCUT2D eigenvalue weighted by Gasteiger charge is -2.34. The Morgan fingerprint density at radius 2 is 1.65 bits per heavy atom. The van der Waals surface area contributed by atoms with Crippen LogP contribution in [0, 0.1) is 5.82 Å². The third kappa shape index (κ3) is 8.14. The highest BCUT2D eigenvalue weighted by Crippen LogP contribution is 2.23. The largest absolute Gasteiger partial charge is 0.352 e. The van der Waals surface area contributed by atoms with Gasteiger partial charge in [-0.05, 0) is 54.3 Å². The molecule has 7 nitrogen and oxygen atoms in total. The number of nitrogens with one attached hydrogen (secondary N) is 1. The molecule has 0 heterocycles. The summed E-state index contributed by atoms with van der Waals surface area (Å²) in [6.07, 6.45) is 5.05. The van der Waals surface area contributed by atoms with Gasteiger partial charge in [-0.3, -0.25) is 13.9 Å². The molecule has 0 spiro atoms. The predicted octanol–water partition coefficient (Wildman–Crippen LogP) is 5.05. The normalized spacial score (nSPS) is 14.5. The molecule has 1 N–H and O–H groups in total. The van der Waals surface area contributed by atoms with Crippen LogP contribution in [0.4, 0.5) is 10.1 Å². The molecule has 2 amide bonds. The van der Waals surface area contributed by atoms with E-state index in [2.05, 4.69) is 21.2 Å². The van der Waals surface area contributed by atoms with Gasteiger partial charge in [0, 0.05) is 23.5 Å². The Morgan fingerprint density at radius 1 is 0.975 bits per heavy atom. The summed E-state index contributed by atoms with van der Waals surface area (Å²) in [5, 5.41) is 3.13. The molecule has 10 heteroatoms. The molecule has 1 saturated carbocycles. The smallest absolute Gasteiger partial charge is 0.244 e. The molecule has 0 aromatic heterocycles. The van der Waals surface area contributed by atoms with Crippen LogP contribution in [0.5, 0.6) is 0 Å². The van der Waals surface area contributed by atoms with Crippen molar-refractivity contribution >= 4 is 43.5 Å². The van der Waals surface area contributed by atoms with E-state index in [1.165, 1.54) is 23.1 Å². The molecule has 0 saturated heterocycles. The van der Waals surface area contributed by atoms with Gasteiger partial charge in [0.1, 0.15) is 18.4 Å². The van der Waals surface area contributed by atoms with Crippen LogP contribution in [0.3, 0.4) is 0 Å². The molecular formula is C30H33BrFN3O4S. The van der Waals surface area contributed by atoms with Gasteiger partial charge in [-0.25, -0.2) is 12.8 Å². The lowest BCUT2D eigenvalue weighted by molar-refractivity contribution is -0.140. The van der Waals surface area contributed by atoms with E-state index >= 15 is 0 Å². The number of nitrogens with zero attached hydrogens (tertiary/aromatic N) is 2. The van der Waals surface area contributed by atoms with Crippen LogP contribution in [0.1, 0.15) is 36.8 Å². The van der Waals surface area contributed by atoms with Crippen molar-refractivity contribution in [2.24, 2.45) is 0 Å². The zero-order valence-electron chi connectivity index (χ0n) is 22.3. The number of halogens is 2. The van der Waals surface area contributed by atoms with Gasteiger partial charge in [-0.15, -0.1) is 0 Å². The molecule has 0 aliphatic heterocycles. The van der Waals surface area contributed by atoms with Crippen LogP contribution < -0.4 is 9.62 Å². The first-order valence-corrected chi connectivity index (χ1v) is 15.9. The summed E-state index contributed by atoms with van der Waals surface area (Å²) in [7, 11) is -3.96. The summed E-state index contributed by atoms with van der Waals surface area (Å²) in [6.45, 7) is -0.507. The quantitative estimate of drug-likeness (QED) is 0.321. The van der Waals surface area contributed by atoms with Gasteiger partial charge in [0.25, 0.3) is 0 Å². The van der Waals surface area contributed by atoms with Crippen molar-refractivity contribution in [2.75, 3.05) is 17.1 Å². The Kier molecular flexibility index (Phi) is 9.97. The minimum absolute atomic E-state index is 0.0354. The first kappa shape index (κ1) is 29.7. The standard InChI is InChI=1S/C30H33BrFN3O4S/c1-40(38,39)35(27-16-8-13-25(32)19-27)21-29(36)34(20-23-11-7-12-24(31)17-23)28(18-22-9-3-2-4-10-22)30(37)33-26-14-5-6-15-26/h2-4,7-13,16-17,19,26,28H,5-6,14-15,18,20-21H2,1H3,(H,33,37)/t28-/m0/s1. The summed E-state index contributed by atoms with van der Waals surface area (Å²) in [5.41, 5.74) is 1.67. The lowest BCUT2D eigenvalue weighted by atomic mass is 10.0. The number of rotatable bonds is 11. The van der Waals surface area contributed by atoms with E-state index in [9.17, 15) is 22.4 Å².